The Morgan fingerprint density at radius 3 is 2.55 bits per heavy atom. The number of rotatable bonds is 4. The fraction of sp³-hybridized carbons (Fsp3) is 0.0625. The van der Waals surface area contributed by atoms with E-state index >= 15 is 0 Å². The van der Waals surface area contributed by atoms with Crippen LogP contribution in [0, 0.1) is 5.82 Å². The molecule has 0 unspecified atom stereocenters. The number of hydrogen-bond donors (Lipinski definition) is 1. The second-order valence-electron chi connectivity index (χ2n) is 4.31. The number of carbonyl (C=O) groups excluding carboxylic acids is 1. The van der Waals surface area contributed by atoms with Gasteiger partial charge in [-0.3, -0.25) is 4.79 Å². The number of carbonyl (C=O) groups is 1. The van der Waals surface area contributed by atoms with Crippen LogP contribution in [0.25, 0.3) is 0 Å². The van der Waals surface area contributed by atoms with E-state index in [-0.39, 0.29) is 10.8 Å². The summed E-state index contributed by atoms with van der Waals surface area (Å²) in [5.74, 6) is -0.567. The van der Waals surface area contributed by atoms with Crippen LogP contribution >= 0.6 is 11.6 Å². The van der Waals surface area contributed by atoms with E-state index in [9.17, 15) is 9.18 Å². The predicted molar refractivity (Wildman–Crippen MR) is 79.6 cm³/mol. The summed E-state index contributed by atoms with van der Waals surface area (Å²) < 4.78 is 13.0. The smallest absolute Gasteiger partial charge is 0.187 e. The molecule has 4 heteroatoms. The van der Waals surface area contributed by atoms with Crippen LogP contribution in [-0.2, 0) is 0 Å². The zero-order valence-electron chi connectivity index (χ0n) is 10.9. The molecular weight excluding hydrogens is 277 g/mol. The Hall–Kier alpha value is -2.13. The van der Waals surface area contributed by atoms with Crippen LogP contribution in [0.4, 0.5) is 10.1 Å². The van der Waals surface area contributed by atoms with E-state index in [1.165, 1.54) is 18.2 Å². The molecular formula is C16H13ClFNO. The van der Waals surface area contributed by atoms with Crippen LogP contribution in [0.3, 0.4) is 0 Å². The summed E-state index contributed by atoms with van der Waals surface area (Å²) in [7, 11) is 0. The highest BCUT2D eigenvalue weighted by Crippen LogP contribution is 2.20. The highest BCUT2D eigenvalue weighted by atomic mass is 35.5. The molecule has 2 aromatic rings. The third-order valence-corrected chi connectivity index (χ3v) is 2.96. The SMILES string of the molecule is C/C(=C\C(=O)c1ccccc1)Nc1ccc(F)c(Cl)c1. The maximum Gasteiger partial charge on any atom is 0.187 e. The van der Waals surface area contributed by atoms with E-state index in [1.807, 2.05) is 18.2 Å². The van der Waals surface area contributed by atoms with Crippen LogP contribution in [0.15, 0.2) is 60.3 Å². The highest BCUT2D eigenvalue weighted by molar-refractivity contribution is 6.31. The van der Waals surface area contributed by atoms with E-state index in [1.54, 1.807) is 25.1 Å². The van der Waals surface area contributed by atoms with E-state index in [0.717, 1.165) is 0 Å². The van der Waals surface area contributed by atoms with Gasteiger partial charge >= 0.3 is 0 Å². The van der Waals surface area contributed by atoms with Gasteiger partial charge in [-0.2, -0.15) is 0 Å². The molecule has 2 rings (SSSR count). The summed E-state index contributed by atoms with van der Waals surface area (Å²) in [6.07, 6.45) is 1.49. The zero-order valence-corrected chi connectivity index (χ0v) is 11.6. The first-order chi connectivity index (χ1) is 9.56. The van der Waals surface area contributed by atoms with Gasteiger partial charge in [-0.05, 0) is 25.1 Å². The molecule has 0 aliphatic heterocycles. The van der Waals surface area contributed by atoms with Gasteiger partial charge in [-0.25, -0.2) is 4.39 Å². The first-order valence-electron chi connectivity index (χ1n) is 6.06. The lowest BCUT2D eigenvalue weighted by molar-refractivity contribution is 0.104. The number of anilines is 1. The fourth-order valence-electron chi connectivity index (χ4n) is 1.72. The monoisotopic (exact) mass is 289 g/mol. The van der Waals surface area contributed by atoms with Crippen molar-refractivity contribution in [2.24, 2.45) is 0 Å². The Labute approximate surface area is 121 Å². The number of ketones is 1. The first kappa shape index (κ1) is 14.3. The second kappa shape index (κ2) is 6.35. The summed E-state index contributed by atoms with van der Waals surface area (Å²) >= 11 is 5.70. The van der Waals surface area contributed by atoms with Crippen molar-refractivity contribution in [3.8, 4) is 0 Å². The summed E-state index contributed by atoms with van der Waals surface area (Å²) in [6, 6.07) is 13.3. The van der Waals surface area contributed by atoms with Gasteiger partial charge in [0.05, 0.1) is 5.02 Å². The maximum absolute atomic E-state index is 13.0. The van der Waals surface area contributed by atoms with Crippen LogP contribution in [0.1, 0.15) is 17.3 Å². The van der Waals surface area contributed by atoms with Crippen LogP contribution < -0.4 is 5.32 Å². The third-order valence-electron chi connectivity index (χ3n) is 2.67. The molecule has 0 aliphatic carbocycles. The van der Waals surface area contributed by atoms with Gasteiger partial charge in [0.1, 0.15) is 5.82 Å². The molecule has 0 atom stereocenters. The predicted octanol–water partition coefficient (Wildman–Crippen LogP) is 4.68. The molecule has 0 saturated carbocycles. The summed E-state index contributed by atoms with van der Waals surface area (Å²) in [6.45, 7) is 1.76. The molecule has 0 aliphatic rings. The normalized spacial score (nSPS) is 11.2. The van der Waals surface area contributed by atoms with E-state index in [2.05, 4.69) is 5.32 Å². The highest BCUT2D eigenvalue weighted by Gasteiger charge is 2.04. The second-order valence-corrected chi connectivity index (χ2v) is 4.72. The standard InChI is InChI=1S/C16H13ClFNO/c1-11(9-16(20)12-5-3-2-4-6-12)19-13-7-8-15(18)14(17)10-13/h2-10,19H,1H3/b11-9+. The Morgan fingerprint density at radius 1 is 1.20 bits per heavy atom. The van der Waals surface area contributed by atoms with E-state index in [4.69, 9.17) is 11.6 Å². The Kier molecular flexibility index (Phi) is 4.53. The van der Waals surface area contributed by atoms with Crippen molar-refractivity contribution in [1.29, 1.82) is 0 Å². The molecule has 0 bridgehead atoms. The van der Waals surface area contributed by atoms with Crippen molar-refractivity contribution >= 4 is 23.1 Å². The molecule has 0 saturated heterocycles. The molecule has 0 spiro atoms. The number of halogens is 2. The van der Waals surface area contributed by atoms with Gasteiger partial charge in [-0.1, -0.05) is 41.9 Å². The summed E-state index contributed by atoms with van der Waals surface area (Å²) in [5, 5.41) is 3.04. The third kappa shape index (κ3) is 3.68. The Bertz CT molecular complexity index is 653. The maximum atomic E-state index is 13.0. The molecule has 102 valence electrons. The molecule has 2 aromatic carbocycles. The number of benzene rings is 2. The van der Waals surface area contributed by atoms with Crippen molar-refractivity contribution < 1.29 is 9.18 Å². The van der Waals surface area contributed by atoms with Gasteiger partial charge in [0.2, 0.25) is 0 Å². The molecule has 1 N–H and O–H groups in total. The van der Waals surface area contributed by atoms with Crippen molar-refractivity contribution in [2.75, 3.05) is 5.32 Å². The topological polar surface area (TPSA) is 29.1 Å². The van der Waals surface area contributed by atoms with Crippen LogP contribution in [-0.4, -0.2) is 5.78 Å². The average Bonchev–Trinajstić information content (AvgIpc) is 2.44. The van der Waals surface area contributed by atoms with Crippen molar-refractivity contribution in [1.82, 2.24) is 0 Å². The minimum Gasteiger partial charge on any atom is -0.359 e. The van der Waals surface area contributed by atoms with E-state index in [0.29, 0.717) is 16.9 Å². The number of allylic oxidation sites excluding steroid dienone is 2. The number of hydrogen-bond acceptors (Lipinski definition) is 2. The molecule has 0 fully saturated rings. The molecule has 0 aromatic heterocycles. The minimum atomic E-state index is -0.473. The number of nitrogens with one attached hydrogen (secondary N) is 1. The van der Waals surface area contributed by atoms with Crippen LogP contribution in [0.2, 0.25) is 5.02 Å². The van der Waals surface area contributed by atoms with E-state index < -0.39 is 5.82 Å². The molecule has 0 heterocycles. The lowest BCUT2D eigenvalue weighted by Gasteiger charge is -2.07. The van der Waals surface area contributed by atoms with Gasteiger partial charge in [0, 0.05) is 23.0 Å². The molecule has 20 heavy (non-hydrogen) atoms. The molecule has 2 nitrogen and oxygen atoms in total. The van der Waals surface area contributed by atoms with Crippen LogP contribution in [0.5, 0.6) is 0 Å². The largest absolute Gasteiger partial charge is 0.359 e. The van der Waals surface area contributed by atoms with Crippen molar-refractivity contribution in [2.45, 2.75) is 6.92 Å². The van der Waals surface area contributed by atoms with Gasteiger partial charge in [-0.15, -0.1) is 0 Å². The summed E-state index contributed by atoms with van der Waals surface area (Å²) in [4.78, 5) is 12.0. The summed E-state index contributed by atoms with van der Waals surface area (Å²) in [5.41, 5.74) is 1.90. The average molecular weight is 290 g/mol. The van der Waals surface area contributed by atoms with Gasteiger partial charge in [0.25, 0.3) is 0 Å². The first-order valence-corrected chi connectivity index (χ1v) is 6.44. The lowest BCUT2D eigenvalue weighted by atomic mass is 10.1. The van der Waals surface area contributed by atoms with Crippen molar-refractivity contribution in [3.05, 3.63) is 76.7 Å². The van der Waals surface area contributed by atoms with Gasteiger partial charge < -0.3 is 5.32 Å². The minimum absolute atomic E-state index is 0.0391. The Balaban J connectivity index is 2.11. The lowest BCUT2D eigenvalue weighted by Crippen LogP contribution is -2.01. The molecule has 0 amide bonds. The fourth-order valence-corrected chi connectivity index (χ4v) is 1.90. The Morgan fingerprint density at radius 2 is 1.90 bits per heavy atom. The quantitative estimate of drug-likeness (QED) is 0.654. The zero-order chi connectivity index (χ0) is 14.5. The van der Waals surface area contributed by atoms with Gasteiger partial charge in [0.15, 0.2) is 5.78 Å². The van der Waals surface area contributed by atoms with Crippen molar-refractivity contribution in [3.63, 3.8) is 0 Å². The molecule has 0 radical (unpaired) electrons.